The molecule has 4 N–H and O–H groups in total. The summed E-state index contributed by atoms with van der Waals surface area (Å²) >= 11 is 5.87. The Labute approximate surface area is 104 Å². The smallest absolute Gasteiger partial charge is 0.335 e. The van der Waals surface area contributed by atoms with E-state index in [-0.39, 0.29) is 16.7 Å². The van der Waals surface area contributed by atoms with Gasteiger partial charge in [0.2, 0.25) is 0 Å². The molecule has 0 aliphatic carbocycles. The fourth-order valence-electron chi connectivity index (χ4n) is 1.56. The van der Waals surface area contributed by atoms with Gasteiger partial charge in [0.05, 0.1) is 28.1 Å². The van der Waals surface area contributed by atoms with Crippen molar-refractivity contribution in [3.63, 3.8) is 0 Å². The molecule has 92 valence electrons. The lowest BCUT2D eigenvalue weighted by Crippen LogP contribution is -2.33. The first kappa shape index (κ1) is 12.0. The van der Waals surface area contributed by atoms with Crippen LogP contribution in [0.5, 0.6) is 0 Å². The molecule has 2 rings (SSSR count). The molecule has 0 saturated carbocycles. The second-order valence-electron chi connectivity index (χ2n) is 3.89. The van der Waals surface area contributed by atoms with Crippen molar-refractivity contribution in [2.75, 3.05) is 24.2 Å². The molecule has 1 aromatic carbocycles. The van der Waals surface area contributed by atoms with Gasteiger partial charge in [-0.1, -0.05) is 11.6 Å². The van der Waals surface area contributed by atoms with Crippen molar-refractivity contribution >= 4 is 28.9 Å². The zero-order chi connectivity index (χ0) is 12.4. The minimum absolute atomic E-state index is 0.112. The van der Waals surface area contributed by atoms with Crippen molar-refractivity contribution in [2.24, 2.45) is 0 Å². The van der Waals surface area contributed by atoms with E-state index in [0.29, 0.717) is 17.9 Å². The molecular weight excluding hydrogens is 244 g/mol. The van der Waals surface area contributed by atoms with E-state index in [1.54, 1.807) is 0 Å². The number of halogens is 1. The van der Waals surface area contributed by atoms with Crippen LogP contribution in [0.3, 0.4) is 0 Å². The zero-order valence-corrected chi connectivity index (χ0v) is 9.83. The van der Waals surface area contributed by atoms with Crippen LogP contribution in [0, 0.1) is 0 Å². The minimum Gasteiger partial charge on any atom is -0.478 e. The van der Waals surface area contributed by atoms with E-state index in [0.717, 1.165) is 13.0 Å². The summed E-state index contributed by atoms with van der Waals surface area (Å²) in [6.45, 7) is 1.38. The number of hydrogen-bond acceptors (Lipinski definition) is 4. The van der Waals surface area contributed by atoms with Gasteiger partial charge in [-0.05, 0) is 18.6 Å². The summed E-state index contributed by atoms with van der Waals surface area (Å²) < 4.78 is 5.25. The van der Waals surface area contributed by atoms with Gasteiger partial charge < -0.3 is 20.9 Å². The molecule has 1 aromatic rings. The van der Waals surface area contributed by atoms with Gasteiger partial charge in [0.15, 0.2) is 0 Å². The van der Waals surface area contributed by atoms with Gasteiger partial charge in [-0.25, -0.2) is 4.79 Å². The van der Waals surface area contributed by atoms with E-state index in [1.807, 2.05) is 0 Å². The molecule has 0 bridgehead atoms. The van der Waals surface area contributed by atoms with Gasteiger partial charge in [0.25, 0.3) is 0 Å². The van der Waals surface area contributed by atoms with Crippen LogP contribution in [0.2, 0.25) is 5.02 Å². The number of carboxylic acid groups (broad SMARTS) is 1. The Hall–Kier alpha value is -1.46. The molecule has 1 saturated heterocycles. The van der Waals surface area contributed by atoms with Crippen molar-refractivity contribution < 1.29 is 14.6 Å². The molecule has 1 fully saturated rings. The van der Waals surface area contributed by atoms with Crippen molar-refractivity contribution in [3.8, 4) is 0 Å². The Morgan fingerprint density at radius 2 is 2.35 bits per heavy atom. The average molecular weight is 257 g/mol. The van der Waals surface area contributed by atoms with Crippen LogP contribution in [0.15, 0.2) is 12.1 Å². The number of carboxylic acids is 1. The Morgan fingerprint density at radius 3 is 2.88 bits per heavy atom. The van der Waals surface area contributed by atoms with Crippen molar-refractivity contribution in [3.05, 3.63) is 22.7 Å². The fourth-order valence-corrected chi connectivity index (χ4v) is 1.78. The van der Waals surface area contributed by atoms with E-state index in [9.17, 15) is 4.79 Å². The van der Waals surface area contributed by atoms with E-state index >= 15 is 0 Å². The summed E-state index contributed by atoms with van der Waals surface area (Å²) in [6.07, 6.45) is 1.17. The van der Waals surface area contributed by atoms with Crippen LogP contribution in [-0.2, 0) is 4.74 Å². The van der Waals surface area contributed by atoms with Gasteiger partial charge in [-0.2, -0.15) is 0 Å². The Balaban J connectivity index is 2.15. The van der Waals surface area contributed by atoms with E-state index < -0.39 is 5.97 Å². The van der Waals surface area contributed by atoms with Crippen LogP contribution in [0.1, 0.15) is 16.8 Å². The number of nitrogens with two attached hydrogens (primary N) is 1. The first-order valence-corrected chi connectivity index (χ1v) is 5.63. The van der Waals surface area contributed by atoms with E-state index in [4.69, 9.17) is 27.2 Å². The maximum atomic E-state index is 10.9. The highest BCUT2D eigenvalue weighted by Gasteiger charge is 2.18. The molecule has 1 aliphatic heterocycles. The standard InChI is InChI=1S/C11H13ClN2O3/c12-8-3-6(11(15)16)4-9(10(8)13)14-5-7-1-2-17-7/h3-4,7,14H,1-2,5,13H2,(H,15,16)/t7-/m0/s1. The lowest BCUT2D eigenvalue weighted by Gasteiger charge is -2.27. The summed E-state index contributed by atoms with van der Waals surface area (Å²) in [5, 5.41) is 12.2. The lowest BCUT2D eigenvalue weighted by atomic mass is 10.1. The SMILES string of the molecule is Nc1c(Cl)cc(C(=O)O)cc1NC[C@@H]1CCO1. The number of carbonyl (C=O) groups is 1. The topological polar surface area (TPSA) is 84.6 Å². The minimum atomic E-state index is -1.03. The van der Waals surface area contributed by atoms with Crippen LogP contribution in [-0.4, -0.2) is 30.3 Å². The molecule has 0 radical (unpaired) electrons. The second-order valence-corrected chi connectivity index (χ2v) is 4.29. The van der Waals surface area contributed by atoms with Gasteiger partial charge in [-0.3, -0.25) is 0 Å². The Kier molecular flexibility index (Phi) is 3.40. The molecule has 0 spiro atoms. The monoisotopic (exact) mass is 256 g/mol. The molecule has 0 amide bonds. The van der Waals surface area contributed by atoms with Crippen LogP contribution >= 0.6 is 11.6 Å². The van der Waals surface area contributed by atoms with Gasteiger partial charge in [0, 0.05) is 13.2 Å². The molecule has 5 nitrogen and oxygen atoms in total. The predicted octanol–water partition coefficient (Wildman–Crippen LogP) is 1.82. The number of benzene rings is 1. The fraction of sp³-hybridized carbons (Fsp3) is 0.364. The number of nitrogens with one attached hydrogen (secondary N) is 1. The quantitative estimate of drug-likeness (QED) is 0.716. The first-order chi connectivity index (χ1) is 8.08. The molecule has 1 atom stereocenters. The summed E-state index contributed by atoms with van der Waals surface area (Å²) in [4.78, 5) is 10.9. The Morgan fingerprint density at radius 1 is 1.65 bits per heavy atom. The summed E-state index contributed by atoms with van der Waals surface area (Å²) in [5.41, 5.74) is 6.77. The normalized spacial score (nSPS) is 18.5. The summed E-state index contributed by atoms with van der Waals surface area (Å²) in [6, 6.07) is 2.81. The van der Waals surface area contributed by atoms with Gasteiger partial charge in [-0.15, -0.1) is 0 Å². The molecule has 1 heterocycles. The highest BCUT2D eigenvalue weighted by atomic mass is 35.5. The molecule has 17 heavy (non-hydrogen) atoms. The van der Waals surface area contributed by atoms with Crippen molar-refractivity contribution in [1.29, 1.82) is 0 Å². The summed E-state index contributed by atoms with van der Waals surface area (Å²) in [5.74, 6) is -1.03. The van der Waals surface area contributed by atoms with Crippen LogP contribution in [0.4, 0.5) is 11.4 Å². The lowest BCUT2D eigenvalue weighted by molar-refractivity contribution is -0.0410. The number of ether oxygens (including phenoxy) is 1. The molecule has 6 heteroatoms. The molecular formula is C11H13ClN2O3. The molecule has 0 unspecified atom stereocenters. The van der Waals surface area contributed by atoms with Gasteiger partial charge >= 0.3 is 5.97 Å². The maximum absolute atomic E-state index is 10.9. The number of aromatic carboxylic acids is 1. The van der Waals surface area contributed by atoms with Crippen LogP contribution < -0.4 is 11.1 Å². The third kappa shape index (κ3) is 2.62. The zero-order valence-electron chi connectivity index (χ0n) is 9.07. The Bertz CT molecular complexity index is 447. The number of hydrogen-bond donors (Lipinski definition) is 3. The molecule has 1 aliphatic rings. The third-order valence-electron chi connectivity index (χ3n) is 2.69. The van der Waals surface area contributed by atoms with Crippen molar-refractivity contribution in [2.45, 2.75) is 12.5 Å². The average Bonchev–Trinajstić information content (AvgIpc) is 2.21. The predicted molar refractivity (Wildman–Crippen MR) is 65.7 cm³/mol. The highest BCUT2D eigenvalue weighted by molar-refractivity contribution is 6.34. The number of nitrogen functional groups attached to an aromatic ring is 1. The van der Waals surface area contributed by atoms with E-state index in [2.05, 4.69) is 5.32 Å². The second kappa shape index (κ2) is 4.81. The molecule has 0 aromatic heterocycles. The largest absolute Gasteiger partial charge is 0.478 e. The first-order valence-electron chi connectivity index (χ1n) is 5.25. The number of anilines is 2. The highest BCUT2D eigenvalue weighted by Crippen LogP contribution is 2.29. The number of rotatable bonds is 4. The third-order valence-corrected chi connectivity index (χ3v) is 3.00. The summed E-state index contributed by atoms with van der Waals surface area (Å²) in [7, 11) is 0. The van der Waals surface area contributed by atoms with Gasteiger partial charge in [0.1, 0.15) is 0 Å². The van der Waals surface area contributed by atoms with Crippen molar-refractivity contribution in [1.82, 2.24) is 0 Å². The van der Waals surface area contributed by atoms with E-state index in [1.165, 1.54) is 12.1 Å². The van der Waals surface area contributed by atoms with Crippen LogP contribution in [0.25, 0.3) is 0 Å². The maximum Gasteiger partial charge on any atom is 0.335 e.